The Hall–Kier alpha value is -2.09. The summed E-state index contributed by atoms with van der Waals surface area (Å²) in [6.45, 7) is 4.21. The number of fused-ring (bicyclic) bond motifs is 1. The van der Waals surface area contributed by atoms with E-state index in [-0.39, 0.29) is 0 Å². The maximum absolute atomic E-state index is 4.75. The van der Waals surface area contributed by atoms with Crippen molar-refractivity contribution in [3.05, 3.63) is 53.6 Å². The van der Waals surface area contributed by atoms with Crippen LogP contribution in [0.3, 0.4) is 0 Å². The van der Waals surface area contributed by atoms with Crippen molar-refractivity contribution < 1.29 is 0 Å². The molecule has 0 atom stereocenters. The first-order chi connectivity index (χ1) is 8.65. The van der Waals surface area contributed by atoms with Gasteiger partial charge in [-0.15, -0.1) is 0 Å². The Bertz CT molecular complexity index is 723. The van der Waals surface area contributed by atoms with E-state index in [0.29, 0.717) is 0 Å². The van der Waals surface area contributed by atoms with Crippen LogP contribution in [0.2, 0.25) is 0 Å². The molecule has 0 amide bonds. The second-order valence-electron chi connectivity index (χ2n) is 4.86. The third-order valence-corrected chi connectivity index (χ3v) is 3.31. The fourth-order valence-corrected chi connectivity index (χ4v) is 2.35. The predicted octanol–water partition coefficient (Wildman–Crippen LogP) is 3.86. The van der Waals surface area contributed by atoms with E-state index < -0.39 is 0 Å². The van der Waals surface area contributed by atoms with Gasteiger partial charge >= 0.3 is 0 Å². The highest BCUT2D eigenvalue weighted by atomic mass is 15.1. The summed E-state index contributed by atoms with van der Waals surface area (Å²) in [4.78, 5) is 4.75. The van der Waals surface area contributed by atoms with Gasteiger partial charge in [-0.25, -0.2) is 4.98 Å². The number of rotatable bonds is 1. The van der Waals surface area contributed by atoms with Crippen molar-refractivity contribution in [3.8, 4) is 11.4 Å². The SMILES string of the molecule is Cc1cccc(-c2nc3cc(C)ccc3n2C)c1. The van der Waals surface area contributed by atoms with Gasteiger partial charge in [-0.3, -0.25) is 0 Å². The zero-order chi connectivity index (χ0) is 12.7. The average molecular weight is 236 g/mol. The molecule has 3 aromatic rings. The first kappa shape index (κ1) is 11.0. The van der Waals surface area contributed by atoms with E-state index in [1.165, 1.54) is 22.2 Å². The molecule has 18 heavy (non-hydrogen) atoms. The van der Waals surface area contributed by atoms with Gasteiger partial charge in [-0.2, -0.15) is 0 Å². The standard InChI is InChI=1S/C16H16N2/c1-11-5-4-6-13(9-11)16-17-14-10-12(2)7-8-15(14)18(16)3/h4-10H,1-3H3. The molecule has 1 heterocycles. The zero-order valence-corrected chi connectivity index (χ0v) is 10.9. The van der Waals surface area contributed by atoms with E-state index in [0.717, 1.165) is 11.3 Å². The zero-order valence-electron chi connectivity index (χ0n) is 10.9. The van der Waals surface area contributed by atoms with Gasteiger partial charge in [0.1, 0.15) is 5.82 Å². The number of nitrogens with zero attached hydrogens (tertiary/aromatic N) is 2. The van der Waals surface area contributed by atoms with Crippen LogP contribution < -0.4 is 0 Å². The summed E-state index contributed by atoms with van der Waals surface area (Å²) >= 11 is 0. The predicted molar refractivity (Wildman–Crippen MR) is 75.6 cm³/mol. The third-order valence-electron chi connectivity index (χ3n) is 3.31. The molecule has 2 aromatic carbocycles. The minimum absolute atomic E-state index is 1.03. The molecule has 0 bridgehead atoms. The monoisotopic (exact) mass is 236 g/mol. The Balaban J connectivity index is 2.27. The summed E-state index contributed by atoms with van der Waals surface area (Å²) in [6.07, 6.45) is 0. The molecule has 0 aliphatic rings. The van der Waals surface area contributed by atoms with Crippen molar-refractivity contribution in [2.24, 2.45) is 7.05 Å². The molecule has 0 unspecified atom stereocenters. The molecule has 0 fully saturated rings. The maximum atomic E-state index is 4.75. The van der Waals surface area contributed by atoms with Crippen LogP contribution in [-0.4, -0.2) is 9.55 Å². The van der Waals surface area contributed by atoms with Crippen LogP contribution in [0.25, 0.3) is 22.4 Å². The van der Waals surface area contributed by atoms with Crippen LogP contribution in [0.15, 0.2) is 42.5 Å². The highest BCUT2D eigenvalue weighted by Crippen LogP contribution is 2.24. The van der Waals surface area contributed by atoms with Crippen LogP contribution in [-0.2, 0) is 7.05 Å². The summed E-state index contributed by atoms with van der Waals surface area (Å²) in [5, 5.41) is 0. The van der Waals surface area contributed by atoms with E-state index in [9.17, 15) is 0 Å². The molecule has 3 rings (SSSR count). The lowest BCUT2D eigenvalue weighted by molar-refractivity contribution is 0.959. The fourth-order valence-electron chi connectivity index (χ4n) is 2.35. The molecule has 0 aliphatic carbocycles. The first-order valence-corrected chi connectivity index (χ1v) is 6.15. The highest BCUT2D eigenvalue weighted by Gasteiger charge is 2.09. The fraction of sp³-hybridized carbons (Fsp3) is 0.188. The van der Waals surface area contributed by atoms with Gasteiger partial charge in [-0.1, -0.05) is 29.8 Å². The van der Waals surface area contributed by atoms with Crippen molar-refractivity contribution in [2.45, 2.75) is 13.8 Å². The Kier molecular flexibility index (Phi) is 2.44. The Labute approximate surface area is 107 Å². The lowest BCUT2D eigenvalue weighted by Gasteiger charge is -2.03. The third kappa shape index (κ3) is 1.70. The van der Waals surface area contributed by atoms with Crippen molar-refractivity contribution in [1.29, 1.82) is 0 Å². The van der Waals surface area contributed by atoms with Crippen molar-refractivity contribution in [1.82, 2.24) is 9.55 Å². The molecule has 2 nitrogen and oxygen atoms in total. The smallest absolute Gasteiger partial charge is 0.140 e. The number of benzene rings is 2. The van der Waals surface area contributed by atoms with E-state index >= 15 is 0 Å². The van der Waals surface area contributed by atoms with Crippen molar-refractivity contribution >= 4 is 11.0 Å². The minimum atomic E-state index is 1.03. The number of imidazole rings is 1. The Morgan fingerprint density at radius 2 is 1.72 bits per heavy atom. The lowest BCUT2D eigenvalue weighted by Crippen LogP contribution is -1.92. The van der Waals surface area contributed by atoms with Gasteiger partial charge < -0.3 is 4.57 Å². The molecule has 0 spiro atoms. The number of hydrogen-bond acceptors (Lipinski definition) is 1. The van der Waals surface area contributed by atoms with Crippen LogP contribution in [0.4, 0.5) is 0 Å². The Morgan fingerprint density at radius 1 is 0.944 bits per heavy atom. The maximum Gasteiger partial charge on any atom is 0.140 e. The summed E-state index contributed by atoms with van der Waals surface area (Å²) in [6, 6.07) is 14.9. The molecule has 2 heteroatoms. The number of aryl methyl sites for hydroxylation is 3. The lowest BCUT2D eigenvalue weighted by atomic mass is 10.1. The van der Waals surface area contributed by atoms with E-state index in [1.807, 2.05) is 0 Å². The summed E-state index contributed by atoms with van der Waals surface area (Å²) < 4.78 is 2.16. The Morgan fingerprint density at radius 3 is 2.50 bits per heavy atom. The molecule has 0 aliphatic heterocycles. The van der Waals surface area contributed by atoms with Crippen LogP contribution in [0, 0.1) is 13.8 Å². The van der Waals surface area contributed by atoms with E-state index in [4.69, 9.17) is 4.98 Å². The molecule has 0 saturated carbocycles. The van der Waals surface area contributed by atoms with Crippen molar-refractivity contribution in [2.75, 3.05) is 0 Å². The molecular weight excluding hydrogens is 220 g/mol. The second kappa shape index (κ2) is 3.98. The normalized spacial score (nSPS) is 11.1. The molecular formula is C16H16N2. The van der Waals surface area contributed by atoms with Gasteiger partial charge in [0.05, 0.1) is 11.0 Å². The van der Waals surface area contributed by atoms with Gasteiger partial charge in [-0.05, 0) is 37.6 Å². The van der Waals surface area contributed by atoms with Crippen molar-refractivity contribution in [3.63, 3.8) is 0 Å². The number of hydrogen-bond donors (Lipinski definition) is 0. The van der Waals surface area contributed by atoms with Crippen LogP contribution >= 0.6 is 0 Å². The highest BCUT2D eigenvalue weighted by molar-refractivity contribution is 5.81. The number of aromatic nitrogens is 2. The molecule has 0 saturated heterocycles. The average Bonchev–Trinajstić information content (AvgIpc) is 2.66. The van der Waals surface area contributed by atoms with Gasteiger partial charge in [0.25, 0.3) is 0 Å². The van der Waals surface area contributed by atoms with E-state index in [1.54, 1.807) is 0 Å². The molecule has 0 radical (unpaired) electrons. The van der Waals surface area contributed by atoms with Gasteiger partial charge in [0, 0.05) is 12.6 Å². The molecule has 90 valence electrons. The topological polar surface area (TPSA) is 17.8 Å². The molecule has 0 N–H and O–H groups in total. The summed E-state index contributed by atoms with van der Waals surface area (Å²) in [5.41, 5.74) is 5.92. The minimum Gasteiger partial charge on any atom is -0.327 e. The van der Waals surface area contributed by atoms with Gasteiger partial charge in [0.15, 0.2) is 0 Å². The summed E-state index contributed by atoms with van der Waals surface area (Å²) in [5.74, 6) is 1.03. The largest absolute Gasteiger partial charge is 0.327 e. The van der Waals surface area contributed by atoms with Gasteiger partial charge in [0.2, 0.25) is 0 Å². The quantitative estimate of drug-likeness (QED) is 0.627. The van der Waals surface area contributed by atoms with E-state index in [2.05, 4.69) is 67.9 Å². The molecule has 1 aromatic heterocycles. The first-order valence-electron chi connectivity index (χ1n) is 6.15. The van der Waals surface area contributed by atoms with Crippen LogP contribution in [0.1, 0.15) is 11.1 Å². The second-order valence-corrected chi connectivity index (χ2v) is 4.86. The summed E-state index contributed by atoms with van der Waals surface area (Å²) in [7, 11) is 2.07. The van der Waals surface area contributed by atoms with Crippen LogP contribution in [0.5, 0.6) is 0 Å².